The minimum Gasteiger partial charge on any atom is -0.342 e. The van der Waals surface area contributed by atoms with E-state index in [9.17, 15) is 9.59 Å². The third-order valence-electron chi connectivity index (χ3n) is 4.32. The maximum absolute atomic E-state index is 12.9. The smallest absolute Gasteiger partial charge is 0.268 e. The predicted octanol–water partition coefficient (Wildman–Crippen LogP) is 4.26. The number of rotatable bonds is 7. The third-order valence-corrected chi connectivity index (χ3v) is 6.01. The molecule has 2 N–H and O–H groups in total. The largest absolute Gasteiger partial charge is 0.342 e. The molecule has 9 heteroatoms. The summed E-state index contributed by atoms with van der Waals surface area (Å²) in [5, 5.41) is 13.2. The fourth-order valence-corrected chi connectivity index (χ4v) is 4.08. The van der Waals surface area contributed by atoms with Crippen LogP contribution in [-0.2, 0) is 11.3 Å². The Morgan fingerprint density at radius 1 is 1.06 bits per heavy atom. The van der Waals surface area contributed by atoms with Crippen molar-refractivity contribution in [3.63, 3.8) is 0 Å². The molecular weight excluding hydrogens is 432 g/mol. The number of nitrogens with zero attached hydrogens (tertiary/aromatic N) is 2. The van der Waals surface area contributed by atoms with E-state index in [0.717, 1.165) is 15.3 Å². The monoisotopic (exact) mass is 450 g/mol. The Kier molecular flexibility index (Phi) is 6.34. The van der Waals surface area contributed by atoms with Gasteiger partial charge in [0.15, 0.2) is 0 Å². The Balaban J connectivity index is 1.48. The van der Waals surface area contributed by atoms with Gasteiger partial charge in [-0.05, 0) is 47.5 Å². The van der Waals surface area contributed by atoms with Gasteiger partial charge in [-0.2, -0.15) is 4.98 Å². The topological polar surface area (TPSA) is 97.1 Å². The zero-order valence-corrected chi connectivity index (χ0v) is 18.1. The van der Waals surface area contributed by atoms with E-state index in [4.69, 9.17) is 4.52 Å². The number of amides is 2. The fourth-order valence-electron chi connectivity index (χ4n) is 2.78. The van der Waals surface area contributed by atoms with Crippen molar-refractivity contribution in [3.8, 4) is 10.7 Å². The van der Waals surface area contributed by atoms with Gasteiger partial charge in [-0.25, -0.2) is 0 Å². The van der Waals surface area contributed by atoms with Crippen molar-refractivity contribution in [1.82, 2.24) is 20.8 Å². The van der Waals surface area contributed by atoms with Crippen LogP contribution in [0.4, 0.5) is 0 Å². The van der Waals surface area contributed by atoms with Gasteiger partial charge in [0.25, 0.3) is 11.8 Å². The maximum Gasteiger partial charge on any atom is 0.268 e. The van der Waals surface area contributed by atoms with Crippen molar-refractivity contribution < 1.29 is 14.1 Å². The first-order chi connectivity index (χ1) is 15.1. The van der Waals surface area contributed by atoms with E-state index in [-0.39, 0.29) is 24.0 Å². The average molecular weight is 451 g/mol. The number of hydrogen-bond acceptors (Lipinski definition) is 7. The lowest BCUT2D eigenvalue weighted by Gasteiger charge is -2.11. The molecule has 0 bridgehead atoms. The van der Waals surface area contributed by atoms with E-state index in [1.165, 1.54) is 22.7 Å². The number of aromatic nitrogens is 2. The van der Waals surface area contributed by atoms with Crippen LogP contribution >= 0.6 is 22.7 Å². The van der Waals surface area contributed by atoms with Gasteiger partial charge < -0.3 is 15.2 Å². The van der Waals surface area contributed by atoms with E-state index < -0.39 is 5.91 Å². The molecule has 0 saturated heterocycles. The molecule has 4 rings (SSSR count). The Morgan fingerprint density at radius 3 is 2.61 bits per heavy atom. The number of nitrogens with one attached hydrogen (secondary N) is 2. The van der Waals surface area contributed by atoms with Crippen LogP contribution in [0, 0.1) is 6.92 Å². The molecule has 7 nitrogen and oxygen atoms in total. The molecule has 0 aliphatic carbocycles. The van der Waals surface area contributed by atoms with Crippen molar-refractivity contribution in [1.29, 1.82) is 0 Å². The van der Waals surface area contributed by atoms with Gasteiger partial charge >= 0.3 is 0 Å². The summed E-state index contributed by atoms with van der Waals surface area (Å²) in [6, 6.07) is 14.7. The van der Waals surface area contributed by atoms with E-state index in [0.29, 0.717) is 11.4 Å². The van der Waals surface area contributed by atoms with Crippen molar-refractivity contribution in [2.24, 2.45) is 0 Å². The molecule has 0 aliphatic rings. The normalized spacial score (nSPS) is 11.3. The van der Waals surface area contributed by atoms with Crippen LogP contribution in [0.5, 0.6) is 0 Å². The molecule has 0 fully saturated rings. The van der Waals surface area contributed by atoms with Gasteiger partial charge in [0.1, 0.15) is 5.70 Å². The molecule has 0 atom stereocenters. The summed E-state index contributed by atoms with van der Waals surface area (Å²) < 4.78 is 5.22. The van der Waals surface area contributed by atoms with Crippen LogP contribution in [0.3, 0.4) is 0 Å². The molecule has 0 unspecified atom stereocenters. The van der Waals surface area contributed by atoms with Gasteiger partial charge in [-0.3, -0.25) is 9.59 Å². The summed E-state index contributed by atoms with van der Waals surface area (Å²) in [5.74, 6) is -0.0565. The van der Waals surface area contributed by atoms with Gasteiger partial charge in [-0.15, -0.1) is 22.7 Å². The molecule has 3 heterocycles. The van der Waals surface area contributed by atoms with Gasteiger partial charge in [0.2, 0.25) is 11.7 Å². The molecule has 3 aromatic heterocycles. The highest BCUT2D eigenvalue weighted by Gasteiger charge is 2.17. The summed E-state index contributed by atoms with van der Waals surface area (Å²) in [5.41, 5.74) is 1.46. The van der Waals surface area contributed by atoms with Crippen LogP contribution in [0.15, 0.2) is 69.5 Å². The quantitative estimate of drug-likeness (QED) is 0.410. The SMILES string of the molecule is Cc1ccccc1C(=O)N/C(=C\c1cccs1)C(=O)NCc1nc(-c2cccs2)no1. The van der Waals surface area contributed by atoms with Gasteiger partial charge in [-0.1, -0.05) is 35.5 Å². The van der Waals surface area contributed by atoms with E-state index in [2.05, 4.69) is 20.8 Å². The van der Waals surface area contributed by atoms with E-state index in [1.807, 2.05) is 54.1 Å². The average Bonchev–Trinajstić information content (AvgIpc) is 3.54. The first-order valence-corrected chi connectivity index (χ1v) is 11.1. The third kappa shape index (κ3) is 5.14. The highest BCUT2D eigenvalue weighted by atomic mass is 32.1. The Bertz CT molecular complexity index is 1210. The van der Waals surface area contributed by atoms with E-state index in [1.54, 1.807) is 18.2 Å². The lowest BCUT2D eigenvalue weighted by atomic mass is 10.1. The van der Waals surface area contributed by atoms with Crippen molar-refractivity contribution >= 4 is 40.6 Å². The summed E-state index contributed by atoms with van der Waals surface area (Å²) in [6.45, 7) is 1.89. The lowest BCUT2D eigenvalue weighted by Crippen LogP contribution is -2.34. The molecule has 156 valence electrons. The first kappa shape index (κ1) is 20.7. The van der Waals surface area contributed by atoms with Crippen molar-refractivity contribution in [2.75, 3.05) is 0 Å². The Morgan fingerprint density at radius 2 is 1.87 bits per heavy atom. The molecule has 0 aliphatic heterocycles. The van der Waals surface area contributed by atoms with Crippen LogP contribution in [0.1, 0.15) is 26.7 Å². The molecule has 0 radical (unpaired) electrons. The lowest BCUT2D eigenvalue weighted by molar-refractivity contribution is -0.118. The summed E-state index contributed by atoms with van der Waals surface area (Å²) in [4.78, 5) is 31.6. The molecule has 31 heavy (non-hydrogen) atoms. The van der Waals surface area contributed by atoms with Gasteiger partial charge in [0.05, 0.1) is 11.4 Å². The minimum absolute atomic E-state index is 0.0409. The summed E-state index contributed by atoms with van der Waals surface area (Å²) in [6.07, 6.45) is 1.64. The zero-order chi connectivity index (χ0) is 21.6. The van der Waals surface area contributed by atoms with Crippen LogP contribution in [0.25, 0.3) is 16.8 Å². The Hall–Kier alpha value is -3.56. The second-order valence-corrected chi connectivity index (χ2v) is 8.44. The highest BCUT2D eigenvalue weighted by Crippen LogP contribution is 2.21. The Labute approximate surface area is 186 Å². The minimum atomic E-state index is -0.453. The number of aryl methyl sites for hydroxylation is 1. The molecule has 0 spiro atoms. The summed E-state index contributed by atoms with van der Waals surface area (Å²) in [7, 11) is 0. The number of carbonyl (C=O) groups is 2. The van der Waals surface area contributed by atoms with Crippen LogP contribution in [0.2, 0.25) is 0 Å². The summed E-state index contributed by atoms with van der Waals surface area (Å²) >= 11 is 2.96. The second-order valence-electron chi connectivity index (χ2n) is 6.51. The fraction of sp³-hybridized carbons (Fsp3) is 0.0909. The predicted molar refractivity (Wildman–Crippen MR) is 120 cm³/mol. The first-order valence-electron chi connectivity index (χ1n) is 9.37. The number of carbonyl (C=O) groups excluding carboxylic acids is 2. The van der Waals surface area contributed by atoms with Crippen LogP contribution in [-0.4, -0.2) is 22.0 Å². The van der Waals surface area contributed by atoms with Crippen molar-refractivity contribution in [2.45, 2.75) is 13.5 Å². The number of thiophene rings is 2. The van der Waals surface area contributed by atoms with Gasteiger partial charge in [0, 0.05) is 10.4 Å². The molecule has 0 saturated carbocycles. The molecule has 1 aromatic carbocycles. The zero-order valence-electron chi connectivity index (χ0n) is 16.5. The van der Waals surface area contributed by atoms with E-state index >= 15 is 0 Å². The second kappa shape index (κ2) is 9.50. The number of hydrogen-bond donors (Lipinski definition) is 2. The molecule has 2 amide bonds. The standard InChI is InChI=1S/C22H18N4O3S2/c1-14-6-2-3-8-16(14)21(27)24-17(12-15-7-4-10-30-15)22(28)23-13-19-25-20(26-29-19)18-9-5-11-31-18/h2-12H,13H2,1H3,(H,23,28)(H,24,27)/b17-12-. The molecule has 4 aromatic rings. The van der Waals surface area contributed by atoms with Crippen LogP contribution < -0.4 is 10.6 Å². The van der Waals surface area contributed by atoms with Crippen molar-refractivity contribution in [3.05, 3.63) is 86.9 Å². The number of benzene rings is 1. The maximum atomic E-state index is 12.9. The molecular formula is C22H18N4O3S2. The highest BCUT2D eigenvalue weighted by molar-refractivity contribution is 7.13.